The Morgan fingerprint density at radius 2 is 1.10 bits per heavy atom. The minimum Gasteiger partial charge on any atom is -0.508 e. The Labute approximate surface area is 356 Å². The van der Waals surface area contributed by atoms with Crippen molar-refractivity contribution in [2.75, 3.05) is 0 Å². The Morgan fingerprint density at radius 3 is 1.62 bits per heavy atom. The van der Waals surface area contributed by atoms with Gasteiger partial charge in [0.1, 0.15) is 5.75 Å². The smallest absolute Gasteiger partial charge is 0.309 e. The molecular formula is C49H72O11. The number of benzene rings is 2. The highest BCUT2D eigenvalue weighted by molar-refractivity contribution is 5.79. The van der Waals surface area contributed by atoms with Crippen molar-refractivity contribution in [2.24, 2.45) is 27.6 Å². The zero-order valence-electron chi connectivity index (χ0n) is 37.1. The van der Waals surface area contributed by atoms with Crippen molar-refractivity contribution in [2.45, 2.75) is 183 Å². The molecule has 2 aliphatic carbocycles. The maximum atomic E-state index is 12.9. The maximum Gasteiger partial charge on any atom is 0.309 e. The van der Waals surface area contributed by atoms with E-state index in [2.05, 4.69) is 19.9 Å². The molecular weight excluding hydrogens is 765 g/mol. The molecule has 60 heavy (non-hydrogen) atoms. The lowest BCUT2D eigenvalue weighted by Crippen LogP contribution is -2.23. The summed E-state index contributed by atoms with van der Waals surface area (Å²) in [7, 11) is 0. The van der Waals surface area contributed by atoms with E-state index in [1.807, 2.05) is 0 Å². The average Bonchev–Trinajstić information content (AvgIpc) is 4.10. The van der Waals surface area contributed by atoms with E-state index >= 15 is 0 Å². The molecule has 0 aromatic heterocycles. The number of carboxylic acids is 4. The molecule has 2 atom stereocenters. The summed E-state index contributed by atoms with van der Waals surface area (Å²) in [6.07, 6.45) is 15.1. The monoisotopic (exact) mass is 837 g/mol. The van der Waals surface area contributed by atoms with Crippen molar-refractivity contribution in [3.8, 4) is 17.2 Å². The zero-order chi connectivity index (χ0) is 44.6. The summed E-state index contributed by atoms with van der Waals surface area (Å²) in [5, 5.41) is 71.0. The van der Waals surface area contributed by atoms with Gasteiger partial charge in [0.2, 0.25) is 0 Å². The van der Waals surface area contributed by atoms with Crippen LogP contribution < -0.4 is 0 Å². The Kier molecular flexibility index (Phi) is 16.2. The van der Waals surface area contributed by atoms with Gasteiger partial charge in [-0.2, -0.15) is 0 Å². The molecule has 2 aromatic rings. The molecule has 11 heteroatoms. The Morgan fingerprint density at radius 1 is 0.600 bits per heavy atom. The predicted molar refractivity (Wildman–Crippen MR) is 231 cm³/mol. The highest BCUT2D eigenvalue weighted by Gasteiger charge is 2.59. The lowest BCUT2D eigenvalue weighted by atomic mass is 9.83. The fourth-order valence-corrected chi connectivity index (χ4v) is 9.35. The number of hydrogen-bond acceptors (Lipinski definition) is 7. The molecule has 4 rings (SSSR count). The molecule has 0 heterocycles. The number of aliphatic carboxylic acids is 4. The highest BCUT2D eigenvalue weighted by Crippen LogP contribution is 2.58. The van der Waals surface area contributed by atoms with Gasteiger partial charge in [0.05, 0.1) is 21.7 Å². The van der Waals surface area contributed by atoms with Crippen LogP contribution in [0.15, 0.2) is 12.1 Å². The third-order valence-corrected chi connectivity index (χ3v) is 14.3. The number of carboxylic acid groups (broad SMARTS) is 4. The molecule has 7 N–H and O–H groups in total. The Bertz CT molecular complexity index is 1870. The molecule has 2 aromatic carbocycles. The summed E-state index contributed by atoms with van der Waals surface area (Å²) in [6.45, 7) is 11.1. The van der Waals surface area contributed by atoms with Crippen LogP contribution in [0.4, 0.5) is 0 Å². The molecule has 0 bridgehead atoms. The molecule has 0 saturated heterocycles. The van der Waals surface area contributed by atoms with E-state index in [-0.39, 0.29) is 17.4 Å². The fourth-order valence-electron chi connectivity index (χ4n) is 9.35. The van der Waals surface area contributed by atoms with E-state index in [1.54, 1.807) is 27.7 Å². The predicted octanol–water partition coefficient (Wildman–Crippen LogP) is 10.5. The van der Waals surface area contributed by atoms with Crippen molar-refractivity contribution in [1.29, 1.82) is 0 Å². The van der Waals surface area contributed by atoms with Crippen molar-refractivity contribution >= 4 is 23.9 Å². The third kappa shape index (κ3) is 12.0. The van der Waals surface area contributed by atoms with Crippen LogP contribution in [0.3, 0.4) is 0 Å². The van der Waals surface area contributed by atoms with E-state index in [1.165, 1.54) is 27.8 Å². The van der Waals surface area contributed by atoms with E-state index < -0.39 is 51.3 Å². The minimum atomic E-state index is -0.877. The van der Waals surface area contributed by atoms with Gasteiger partial charge in [0.15, 0.2) is 11.5 Å². The van der Waals surface area contributed by atoms with Crippen molar-refractivity contribution < 1.29 is 54.9 Å². The largest absolute Gasteiger partial charge is 0.508 e. The third-order valence-electron chi connectivity index (χ3n) is 14.3. The summed E-state index contributed by atoms with van der Waals surface area (Å²) >= 11 is 0. The molecule has 0 spiro atoms. The SMILES string of the molecule is Cc1cc(CC2CC2(CCCCCc2c(O)cc(O)c(O)c2CCCCC(C)(C)C(=O)O)C(=O)O)c(CCCCC(C)(C)C(=O)O)c(CCCCCC2(C(=O)O)CC2)c1C. The molecule has 0 aliphatic heterocycles. The molecule has 0 amide bonds. The van der Waals surface area contributed by atoms with Crippen LogP contribution in [0, 0.1) is 41.4 Å². The van der Waals surface area contributed by atoms with Gasteiger partial charge in [-0.05, 0) is 178 Å². The second-order valence-corrected chi connectivity index (χ2v) is 19.7. The molecule has 11 nitrogen and oxygen atoms in total. The maximum absolute atomic E-state index is 12.9. The topological polar surface area (TPSA) is 210 Å². The normalized spacial score (nSPS) is 18.3. The summed E-state index contributed by atoms with van der Waals surface area (Å²) in [6, 6.07) is 3.37. The number of aryl methyl sites for hydroxylation is 1. The van der Waals surface area contributed by atoms with Crippen molar-refractivity contribution in [3.63, 3.8) is 0 Å². The van der Waals surface area contributed by atoms with Gasteiger partial charge in [-0.3, -0.25) is 19.2 Å². The number of phenols is 3. The summed E-state index contributed by atoms with van der Waals surface area (Å²) < 4.78 is 0. The van der Waals surface area contributed by atoms with Crippen LogP contribution in [0.1, 0.15) is 176 Å². The first-order chi connectivity index (χ1) is 28.1. The number of aromatic hydroxyl groups is 3. The number of carbonyl (C=O) groups is 4. The Hall–Kier alpha value is -4.28. The fraction of sp³-hybridized carbons (Fsp3) is 0.673. The molecule has 2 fully saturated rings. The first-order valence-corrected chi connectivity index (χ1v) is 22.4. The number of hydrogen-bond donors (Lipinski definition) is 7. The number of unbranched alkanes of at least 4 members (excludes halogenated alkanes) is 6. The second kappa shape index (κ2) is 20.1. The lowest BCUT2D eigenvalue weighted by molar-refractivity contribution is -0.148. The summed E-state index contributed by atoms with van der Waals surface area (Å²) in [5.74, 6) is -3.94. The van der Waals surface area contributed by atoms with Gasteiger partial charge in [0, 0.05) is 17.2 Å². The van der Waals surface area contributed by atoms with Gasteiger partial charge in [-0.25, -0.2) is 0 Å². The number of phenolic OH excluding ortho intramolecular Hbond substituents is 3. The minimum absolute atomic E-state index is 0.0174. The van der Waals surface area contributed by atoms with E-state index in [0.717, 1.165) is 63.9 Å². The summed E-state index contributed by atoms with van der Waals surface area (Å²) in [5.41, 5.74) is 4.15. The van der Waals surface area contributed by atoms with E-state index in [0.29, 0.717) is 94.6 Å². The van der Waals surface area contributed by atoms with E-state index in [9.17, 15) is 54.9 Å². The van der Waals surface area contributed by atoms with Crippen LogP contribution in [-0.2, 0) is 51.3 Å². The van der Waals surface area contributed by atoms with Gasteiger partial charge in [-0.15, -0.1) is 0 Å². The van der Waals surface area contributed by atoms with Crippen molar-refractivity contribution in [3.05, 3.63) is 51.1 Å². The van der Waals surface area contributed by atoms with Crippen LogP contribution >= 0.6 is 0 Å². The molecule has 334 valence electrons. The van der Waals surface area contributed by atoms with E-state index in [4.69, 9.17) is 0 Å². The van der Waals surface area contributed by atoms with Gasteiger partial charge >= 0.3 is 23.9 Å². The Balaban J connectivity index is 1.41. The van der Waals surface area contributed by atoms with Crippen LogP contribution in [0.2, 0.25) is 0 Å². The first-order valence-electron chi connectivity index (χ1n) is 22.4. The summed E-state index contributed by atoms with van der Waals surface area (Å²) in [4.78, 5) is 47.9. The van der Waals surface area contributed by atoms with Gasteiger partial charge < -0.3 is 35.7 Å². The van der Waals surface area contributed by atoms with Crippen LogP contribution in [0.25, 0.3) is 0 Å². The molecule has 2 unspecified atom stereocenters. The molecule has 0 radical (unpaired) electrons. The average molecular weight is 837 g/mol. The second-order valence-electron chi connectivity index (χ2n) is 19.7. The quantitative estimate of drug-likeness (QED) is 0.0243. The van der Waals surface area contributed by atoms with Crippen LogP contribution in [-0.4, -0.2) is 59.6 Å². The lowest BCUT2D eigenvalue weighted by Gasteiger charge is -2.22. The van der Waals surface area contributed by atoms with Crippen molar-refractivity contribution in [1.82, 2.24) is 0 Å². The zero-order valence-corrected chi connectivity index (χ0v) is 37.1. The first kappa shape index (κ1) is 48.4. The molecule has 2 aliphatic rings. The van der Waals surface area contributed by atoms with Gasteiger partial charge in [0.25, 0.3) is 0 Å². The standard InChI is InChI=1S/C49H72O11/c1-31-27-33(36(18-11-15-21-46(3,4)42(53)54)35(32(31)2)17-9-7-13-23-48(25-26-48)44(57)58)28-34-30-49(34,45(59)60)24-14-8-10-19-37-38(41(52)40(51)29-39(37)50)20-12-16-22-47(5,6)43(55)56/h27,29,34,50-52H,7-26,28,30H2,1-6H3,(H,53,54)(H,55,56)(H,57,58)(H,59,60). The molecule has 2 saturated carbocycles. The van der Waals surface area contributed by atoms with Crippen LogP contribution in [0.5, 0.6) is 17.2 Å². The number of rotatable bonds is 28. The highest BCUT2D eigenvalue weighted by atomic mass is 16.4. The van der Waals surface area contributed by atoms with Gasteiger partial charge in [-0.1, -0.05) is 44.6 Å².